The molecule has 1 aliphatic rings. The Hall–Kier alpha value is -0.830. The first-order valence-electron chi connectivity index (χ1n) is 6.11. The lowest BCUT2D eigenvalue weighted by Crippen LogP contribution is -2.38. The summed E-state index contributed by atoms with van der Waals surface area (Å²) in [4.78, 5) is 7.37. The molecule has 2 atom stereocenters. The molecular weight excluding hydrogens is 186 g/mol. The van der Waals surface area contributed by atoms with Crippen LogP contribution in [0.2, 0.25) is 0 Å². The highest BCUT2D eigenvalue weighted by Crippen LogP contribution is 2.26. The zero-order chi connectivity index (χ0) is 10.5. The van der Waals surface area contributed by atoms with Gasteiger partial charge in [0.1, 0.15) is 5.82 Å². The number of imidazole rings is 1. The molecule has 1 aromatic rings. The third-order valence-corrected chi connectivity index (χ3v) is 3.52. The van der Waals surface area contributed by atoms with Crippen molar-refractivity contribution in [3.05, 3.63) is 18.2 Å². The molecule has 2 rings (SSSR count). The second kappa shape index (κ2) is 5.31. The summed E-state index contributed by atoms with van der Waals surface area (Å²) in [7, 11) is 0. The number of nitrogens with one attached hydrogen (secondary N) is 2. The summed E-state index contributed by atoms with van der Waals surface area (Å²) >= 11 is 0. The Morgan fingerprint density at radius 2 is 2.33 bits per heavy atom. The van der Waals surface area contributed by atoms with Gasteiger partial charge in [-0.3, -0.25) is 0 Å². The lowest BCUT2D eigenvalue weighted by Gasteiger charge is -2.31. The zero-order valence-electron chi connectivity index (χ0n) is 9.50. The van der Waals surface area contributed by atoms with Crippen molar-refractivity contribution < 1.29 is 0 Å². The van der Waals surface area contributed by atoms with Crippen LogP contribution in [0.5, 0.6) is 0 Å². The molecule has 1 aromatic heterocycles. The molecule has 1 fully saturated rings. The van der Waals surface area contributed by atoms with Gasteiger partial charge >= 0.3 is 0 Å². The number of hydrogen-bond donors (Lipinski definition) is 2. The van der Waals surface area contributed by atoms with E-state index in [0.717, 1.165) is 18.3 Å². The summed E-state index contributed by atoms with van der Waals surface area (Å²) in [5.41, 5.74) is 0. The number of aromatic nitrogens is 2. The smallest absolute Gasteiger partial charge is 0.120 e. The SMILES string of the molecule is CCC1CCCCC1NCc1ncc[nH]1. The maximum absolute atomic E-state index is 4.23. The van der Waals surface area contributed by atoms with Crippen LogP contribution in [-0.4, -0.2) is 16.0 Å². The molecule has 0 aromatic carbocycles. The number of nitrogens with zero attached hydrogens (tertiary/aromatic N) is 1. The number of hydrogen-bond acceptors (Lipinski definition) is 2. The van der Waals surface area contributed by atoms with Crippen molar-refractivity contribution >= 4 is 0 Å². The first kappa shape index (κ1) is 10.7. The van der Waals surface area contributed by atoms with Gasteiger partial charge in [0, 0.05) is 18.4 Å². The highest BCUT2D eigenvalue weighted by molar-refractivity contribution is 4.88. The summed E-state index contributed by atoms with van der Waals surface area (Å²) in [5.74, 6) is 1.92. The molecule has 0 bridgehead atoms. The number of aromatic amines is 1. The Morgan fingerprint density at radius 1 is 1.47 bits per heavy atom. The van der Waals surface area contributed by atoms with Crippen molar-refractivity contribution in [1.29, 1.82) is 0 Å². The summed E-state index contributed by atoms with van der Waals surface area (Å²) in [6, 6.07) is 0.703. The Balaban J connectivity index is 1.81. The van der Waals surface area contributed by atoms with E-state index in [1.165, 1.54) is 32.1 Å². The van der Waals surface area contributed by atoms with E-state index in [1.807, 2.05) is 12.4 Å². The number of H-pyrrole nitrogens is 1. The van der Waals surface area contributed by atoms with Gasteiger partial charge in [-0.2, -0.15) is 0 Å². The Labute approximate surface area is 91.7 Å². The van der Waals surface area contributed by atoms with E-state index >= 15 is 0 Å². The molecule has 84 valence electrons. The molecule has 1 heterocycles. The largest absolute Gasteiger partial charge is 0.348 e. The van der Waals surface area contributed by atoms with Crippen LogP contribution in [0.4, 0.5) is 0 Å². The minimum Gasteiger partial charge on any atom is -0.348 e. The van der Waals surface area contributed by atoms with Gasteiger partial charge in [-0.1, -0.05) is 26.2 Å². The van der Waals surface area contributed by atoms with Crippen molar-refractivity contribution in [2.75, 3.05) is 0 Å². The van der Waals surface area contributed by atoms with Crippen LogP contribution in [0, 0.1) is 5.92 Å². The summed E-state index contributed by atoms with van der Waals surface area (Å²) in [5, 5.41) is 3.63. The second-order valence-corrected chi connectivity index (χ2v) is 4.48. The molecule has 2 unspecified atom stereocenters. The monoisotopic (exact) mass is 207 g/mol. The first-order valence-corrected chi connectivity index (χ1v) is 6.11. The first-order chi connectivity index (χ1) is 7.40. The van der Waals surface area contributed by atoms with Crippen LogP contribution in [0.3, 0.4) is 0 Å². The van der Waals surface area contributed by atoms with E-state index < -0.39 is 0 Å². The van der Waals surface area contributed by atoms with Gasteiger partial charge < -0.3 is 10.3 Å². The molecule has 0 saturated heterocycles. The van der Waals surface area contributed by atoms with Gasteiger partial charge in [0.15, 0.2) is 0 Å². The Morgan fingerprint density at radius 3 is 3.07 bits per heavy atom. The van der Waals surface area contributed by atoms with Crippen LogP contribution in [0.25, 0.3) is 0 Å². The molecule has 3 nitrogen and oxygen atoms in total. The van der Waals surface area contributed by atoms with E-state index in [1.54, 1.807) is 0 Å². The highest BCUT2D eigenvalue weighted by Gasteiger charge is 2.22. The van der Waals surface area contributed by atoms with Gasteiger partial charge in [-0.25, -0.2) is 4.98 Å². The summed E-state index contributed by atoms with van der Waals surface area (Å²) in [6.07, 6.45) is 10.5. The van der Waals surface area contributed by atoms with Gasteiger partial charge in [0.2, 0.25) is 0 Å². The molecular formula is C12H21N3. The molecule has 0 amide bonds. The van der Waals surface area contributed by atoms with Gasteiger partial charge in [0.05, 0.1) is 6.54 Å². The fourth-order valence-corrected chi connectivity index (χ4v) is 2.59. The third-order valence-electron chi connectivity index (χ3n) is 3.52. The van der Waals surface area contributed by atoms with E-state index in [-0.39, 0.29) is 0 Å². The van der Waals surface area contributed by atoms with Crippen molar-refractivity contribution in [2.24, 2.45) is 5.92 Å². The van der Waals surface area contributed by atoms with E-state index in [9.17, 15) is 0 Å². The molecule has 15 heavy (non-hydrogen) atoms. The highest BCUT2D eigenvalue weighted by atomic mass is 15.0. The predicted octanol–water partition coefficient (Wildman–Crippen LogP) is 2.47. The molecule has 3 heteroatoms. The maximum atomic E-state index is 4.23. The minimum absolute atomic E-state index is 0.703. The van der Waals surface area contributed by atoms with Crippen molar-refractivity contribution in [1.82, 2.24) is 15.3 Å². The standard InChI is InChI=1S/C12H21N3/c1-2-10-5-3-4-6-11(10)15-9-12-13-7-8-14-12/h7-8,10-11,15H,2-6,9H2,1H3,(H,13,14). The van der Waals surface area contributed by atoms with Crippen LogP contribution in [-0.2, 0) is 6.54 Å². The Bertz CT molecular complexity index is 268. The summed E-state index contributed by atoms with van der Waals surface area (Å²) in [6.45, 7) is 3.19. The van der Waals surface area contributed by atoms with Crippen molar-refractivity contribution in [3.8, 4) is 0 Å². The predicted molar refractivity (Wildman–Crippen MR) is 61.5 cm³/mol. The van der Waals surface area contributed by atoms with Crippen LogP contribution in [0.15, 0.2) is 12.4 Å². The fourth-order valence-electron chi connectivity index (χ4n) is 2.59. The molecule has 1 aliphatic carbocycles. The molecule has 0 radical (unpaired) electrons. The molecule has 0 aliphatic heterocycles. The van der Waals surface area contributed by atoms with Gasteiger partial charge in [-0.05, 0) is 18.8 Å². The maximum Gasteiger partial charge on any atom is 0.120 e. The lowest BCUT2D eigenvalue weighted by molar-refractivity contribution is 0.253. The van der Waals surface area contributed by atoms with Crippen LogP contribution < -0.4 is 5.32 Å². The quantitative estimate of drug-likeness (QED) is 0.796. The van der Waals surface area contributed by atoms with Crippen molar-refractivity contribution in [2.45, 2.75) is 51.6 Å². The van der Waals surface area contributed by atoms with E-state index in [2.05, 4.69) is 22.2 Å². The summed E-state index contributed by atoms with van der Waals surface area (Å²) < 4.78 is 0. The molecule has 1 saturated carbocycles. The van der Waals surface area contributed by atoms with E-state index in [4.69, 9.17) is 0 Å². The third kappa shape index (κ3) is 2.81. The fraction of sp³-hybridized carbons (Fsp3) is 0.750. The van der Waals surface area contributed by atoms with Gasteiger partial charge in [-0.15, -0.1) is 0 Å². The van der Waals surface area contributed by atoms with Crippen LogP contribution >= 0.6 is 0 Å². The normalized spacial score (nSPS) is 26.7. The van der Waals surface area contributed by atoms with E-state index in [0.29, 0.717) is 6.04 Å². The molecule has 0 spiro atoms. The van der Waals surface area contributed by atoms with Crippen molar-refractivity contribution in [3.63, 3.8) is 0 Å². The number of rotatable bonds is 4. The average molecular weight is 207 g/mol. The second-order valence-electron chi connectivity index (χ2n) is 4.48. The lowest BCUT2D eigenvalue weighted by atomic mass is 9.83. The molecule has 2 N–H and O–H groups in total. The zero-order valence-corrected chi connectivity index (χ0v) is 9.50. The Kier molecular flexibility index (Phi) is 3.78. The topological polar surface area (TPSA) is 40.7 Å². The van der Waals surface area contributed by atoms with Crippen LogP contribution in [0.1, 0.15) is 44.9 Å². The van der Waals surface area contributed by atoms with Gasteiger partial charge in [0.25, 0.3) is 0 Å². The average Bonchev–Trinajstić information content (AvgIpc) is 2.79. The minimum atomic E-state index is 0.703.